The van der Waals surface area contributed by atoms with E-state index in [9.17, 15) is 4.79 Å². The second-order valence-electron chi connectivity index (χ2n) is 8.55. The van der Waals surface area contributed by atoms with Gasteiger partial charge in [0.1, 0.15) is 5.75 Å². The van der Waals surface area contributed by atoms with E-state index in [1.807, 2.05) is 41.3 Å². The zero-order valence-corrected chi connectivity index (χ0v) is 18.1. The van der Waals surface area contributed by atoms with Gasteiger partial charge in [0.25, 0.3) is 0 Å². The predicted octanol–water partition coefficient (Wildman–Crippen LogP) is 4.55. The SMILES string of the molecule is N#Cc1ccc(N2CCCN(C(=O)CCc3cccc(OC4CCCC4)c3)CC2)cc1. The molecule has 1 saturated heterocycles. The van der Waals surface area contributed by atoms with Crippen molar-refractivity contribution in [3.8, 4) is 11.8 Å². The van der Waals surface area contributed by atoms with E-state index < -0.39 is 0 Å². The number of carbonyl (C=O) groups excluding carboxylic acids is 1. The van der Waals surface area contributed by atoms with E-state index in [0.717, 1.165) is 68.9 Å². The molecule has 5 nitrogen and oxygen atoms in total. The number of hydrogen-bond acceptors (Lipinski definition) is 4. The lowest BCUT2D eigenvalue weighted by molar-refractivity contribution is -0.130. The van der Waals surface area contributed by atoms with Crippen LogP contribution in [0.1, 0.15) is 49.7 Å². The predicted molar refractivity (Wildman–Crippen MR) is 122 cm³/mol. The third-order valence-electron chi connectivity index (χ3n) is 6.34. The fourth-order valence-corrected chi connectivity index (χ4v) is 4.55. The van der Waals surface area contributed by atoms with Gasteiger partial charge in [0.15, 0.2) is 0 Å². The molecule has 0 aromatic heterocycles. The monoisotopic (exact) mass is 417 g/mol. The Hall–Kier alpha value is -3.00. The Morgan fingerprint density at radius 1 is 1.00 bits per heavy atom. The van der Waals surface area contributed by atoms with Crippen LogP contribution in [-0.4, -0.2) is 43.1 Å². The summed E-state index contributed by atoms with van der Waals surface area (Å²) in [6.45, 7) is 3.29. The summed E-state index contributed by atoms with van der Waals surface area (Å²) in [6.07, 6.45) is 7.41. The topological polar surface area (TPSA) is 56.6 Å². The molecule has 0 N–H and O–H groups in total. The first-order valence-electron chi connectivity index (χ1n) is 11.5. The van der Waals surface area contributed by atoms with Crippen molar-refractivity contribution in [1.82, 2.24) is 4.90 Å². The van der Waals surface area contributed by atoms with Crippen LogP contribution in [0.4, 0.5) is 5.69 Å². The molecule has 0 bridgehead atoms. The van der Waals surface area contributed by atoms with Crippen molar-refractivity contribution in [2.45, 2.75) is 51.0 Å². The maximum absolute atomic E-state index is 12.9. The Morgan fingerprint density at radius 3 is 2.58 bits per heavy atom. The molecule has 162 valence electrons. The molecule has 2 aliphatic rings. The van der Waals surface area contributed by atoms with Gasteiger partial charge in [-0.25, -0.2) is 0 Å². The molecular formula is C26H31N3O2. The molecule has 5 heteroatoms. The summed E-state index contributed by atoms with van der Waals surface area (Å²) in [5, 5.41) is 8.98. The molecule has 0 atom stereocenters. The van der Waals surface area contributed by atoms with Gasteiger partial charge in [0.2, 0.25) is 5.91 Å². The maximum atomic E-state index is 12.9. The van der Waals surface area contributed by atoms with Gasteiger partial charge in [0, 0.05) is 38.3 Å². The maximum Gasteiger partial charge on any atom is 0.222 e. The van der Waals surface area contributed by atoms with Gasteiger partial charge in [-0.2, -0.15) is 5.26 Å². The van der Waals surface area contributed by atoms with E-state index in [1.54, 1.807) is 0 Å². The second kappa shape index (κ2) is 10.3. The lowest BCUT2D eigenvalue weighted by Crippen LogP contribution is -2.35. The van der Waals surface area contributed by atoms with Crippen LogP contribution < -0.4 is 9.64 Å². The quantitative estimate of drug-likeness (QED) is 0.692. The zero-order chi connectivity index (χ0) is 21.5. The first kappa shape index (κ1) is 21.2. The molecule has 1 aliphatic carbocycles. The lowest BCUT2D eigenvalue weighted by atomic mass is 10.1. The fourth-order valence-electron chi connectivity index (χ4n) is 4.55. The number of anilines is 1. The molecule has 1 saturated carbocycles. The number of aryl methyl sites for hydroxylation is 1. The fraction of sp³-hybridized carbons (Fsp3) is 0.462. The minimum Gasteiger partial charge on any atom is -0.490 e. The number of amides is 1. The summed E-state index contributed by atoms with van der Waals surface area (Å²) in [7, 11) is 0. The molecule has 2 aromatic carbocycles. The van der Waals surface area contributed by atoms with Crippen molar-refractivity contribution in [3.63, 3.8) is 0 Å². The van der Waals surface area contributed by atoms with Gasteiger partial charge in [-0.05, 0) is 80.5 Å². The number of hydrogen-bond donors (Lipinski definition) is 0. The minimum absolute atomic E-state index is 0.226. The normalized spacial score (nSPS) is 17.3. The third kappa shape index (κ3) is 5.79. The molecule has 0 radical (unpaired) electrons. The van der Waals surface area contributed by atoms with Crippen molar-refractivity contribution >= 4 is 11.6 Å². The van der Waals surface area contributed by atoms with E-state index in [0.29, 0.717) is 18.1 Å². The van der Waals surface area contributed by atoms with Gasteiger partial charge in [0.05, 0.1) is 17.7 Å². The zero-order valence-electron chi connectivity index (χ0n) is 18.1. The van der Waals surface area contributed by atoms with Gasteiger partial charge >= 0.3 is 0 Å². The van der Waals surface area contributed by atoms with Crippen LogP contribution in [0, 0.1) is 11.3 Å². The number of nitriles is 1. The molecule has 1 aliphatic heterocycles. The molecule has 2 fully saturated rings. The highest BCUT2D eigenvalue weighted by atomic mass is 16.5. The lowest BCUT2D eigenvalue weighted by Gasteiger charge is -2.24. The summed E-state index contributed by atoms with van der Waals surface area (Å²) >= 11 is 0. The van der Waals surface area contributed by atoms with Crippen LogP contribution in [0.5, 0.6) is 5.75 Å². The highest BCUT2D eigenvalue weighted by Crippen LogP contribution is 2.25. The average Bonchev–Trinajstić information content (AvgIpc) is 3.19. The second-order valence-corrected chi connectivity index (χ2v) is 8.55. The number of rotatable bonds is 6. The van der Waals surface area contributed by atoms with Crippen LogP contribution in [0.2, 0.25) is 0 Å². The largest absolute Gasteiger partial charge is 0.490 e. The van der Waals surface area contributed by atoms with Crippen molar-refractivity contribution in [1.29, 1.82) is 5.26 Å². The Kier molecular flexibility index (Phi) is 7.09. The Morgan fingerprint density at radius 2 is 1.81 bits per heavy atom. The molecule has 1 heterocycles. The molecule has 0 unspecified atom stereocenters. The first-order chi connectivity index (χ1) is 15.2. The summed E-state index contributed by atoms with van der Waals surface area (Å²) in [4.78, 5) is 17.2. The van der Waals surface area contributed by atoms with Gasteiger partial charge in [-0.1, -0.05) is 12.1 Å². The first-order valence-corrected chi connectivity index (χ1v) is 11.5. The van der Waals surface area contributed by atoms with Crippen molar-refractivity contribution in [2.24, 2.45) is 0 Å². The average molecular weight is 418 g/mol. The van der Waals surface area contributed by atoms with E-state index in [4.69, 9.17) is 10.00 Å². The van der Waals surface area contributed by atoms with Crippen LogP contribution in [0.25, 0.3) is 0 Å². The summed E-state index contributed by atoms with van der Waals surface area (Å²) in [5.41, 5.74) is 2.96. The van der Waals surface area contributed by atoms with E-state index >= 15 is 0 Å². The number of carbonyl (C=O) groups is 1. The highest BCUT2D eigenvalue weighted by Gasteiger charge is 2.20. The van der Waals surface area contributed by atoms with Gasteiger partial charge < -0.3 is 14.5 Å². The van der Waals surface area contributed by atoms with Gasteiger partial charge in [-0.15, -0.1) is 0 Å². The van der Waals surface area contributed by atoms with Crippen molar-refractivity contribution in [2.75, 3.05) is 31.1 Å². The summed E-state index contributed by atoms with van der Waals surface area (Å²) < 4.78 is 6.11. The van der Waals surface area contributed by atoms with E-state index in [2.05, 4.69) is 23.1 Å². The Balaban J connectivity index is 1.27. The minimum atomic E-state index is 0.226. The van der Waals surface area contributed by atoms with Crippen molar-refractivity contribution < 1.29 is 9.53 Å². The van der Waals surface area contributed by atoms with Crippen LogP contribution in [0.3, 0.4) is 0 Å². The molecule has 1 amide bonds. The van der Waals surface area contributed by atoms with Crippen LogP contribution in [0.15, 0.2) is 48.5 Å². The van der Waals surface area contributed by atoms with Crippen LogP contribution in [-0.2, 0) is 11.2 Å². The standard InChI is InChI=1S/C26H31N3O2/c27-20-22-9-12-23(13-10-22)28-15-4-16-29(18-17-28)26(30)14-11-21-5-3-8-25(19-21)31-24-6-1-2-7-24/h3,5,8-10,12-13,19,24H,1-2,4,6-7,11,14-18H2. The molecule has 31 heavy (non-hydrogen) atoms. The van der Waals surface area contributed by atoms with Crippen molar-refractivity contribution in [3.05, 3.63) is 59.7 Å². The Labute approximate surface area is 185 Å². The van der Waals surface area contributed by atoms with E-state index in [1.165, 1.54) is 12.8 Å². The molecule has 4 rings (SSSR count). The number of benzene rings is 2. The highest BCUT2D eigenvalue weighted by molar-refractivity contribution is 5.76. The number of nitrogens with zero attached hydrogens (tertiary/aromatic N) is 3. The number of ether oxygens (including phenoxy) is 1. The Bertz CT molecular complexity index is 913. The summed E-state index contributed by atoms with van der Waals surface area (Å²) in [6, 6.07) is 18.1. The smallest absolute Gasteiger partial charge is 0.222 e. The third-order valence-corrected chi connectivity index (χ3v) is 6.34. The molecule has 0 spiro atoms. The summed E-state index contributed by atoms with van der Waals surface area (Å²) in [5.74, 6) is 1.16. The van der Waals surface area contributed by atoms with E-state index in [-0.39, 0.29) is 5.91 Å². The van der Waals surface area contributed by atoms with Crippen LogP contribution >= 0.6 is 0 Å². The molecular weight excluding hydrogens is 386 g/mol. The van der Waals surface area contributed by atoms with Gasteiger partial charge in [-0.3, -0.25) is 4.79 Å². The molecule has 2 aromatic rings.